The molecule has 1 aliphatic heterocycles. The molecule has 0 radical (unpaired) electrons. The number of amides is 1. The molecule has 3 aromatic carbocycles. The minimum atomic E-state index is -0.370. The molecule has 1 heterocycles. The first-order chi connectivity index (χ1) is 18.5. The number of ether oxygens (including phenoxy) is 2. The molecule has 4 rings (SSSR count). The van der Waals surface area contributed by atoms with Crippen molar-refractivity contribution in [2.45, 2.75) is 52.6 Å². The molecule has 9 heteroatoms. The van der Waals surface area contributed by atoms with Crippen LogP contribution in [0.5, 0.6) is 17.2 Å². The summed E-state index contributed by atoms with van der Waals surface area (Å²) in [6.45, 7) is 8.43. The van der Waals surface area contributed by atoms with Crippen LogP contribution in [0.3, 0.4) is 0 Å². The fourth-order valence-corrected chi connectivity index (χ4v) is 4.71. The summed E-state index contributed by atoms with van der Waals surface area (Å²) in [4.78, 5) is 12.4. The second kappa shape index (κ2) is 12.8. The average molecular weight is 565 g/mol. The van der Waals surface area contributed by atoms with Crippen LogP contribution in [0.1, 0.15) is 47.6 Å². The number of nitrogens with two attached hydrogens (primary N) is 1. The van der Waals surface area contributed by atoms with Crippen molar-refractivity contribution in [1.82, 2.24) is 0 Å². The van der Waals surface area contributed by atoms with Gasteiger partial charge in [-0.2, -0.15) is 0 Å². The fraction of sp³-hybridized carbons (Fsp3) is 0.290. The van der Waals surface area contributed by atoms with E-state index in [9.17, 15) is 9.90 Å². The Morgan fingerprint density at radius 3 is 2.52 bits per heavy atom. The van der Waals surface area contributed by atoms with Crippen LogP contribution in [-0.4, -0.2) is 29.2 Å². The summed E-state index contributed by atoms with van der Waals surface area (Å²) in [5.74, 6) is 1.53. The molecule has 0 fully saturated rings. The van der Waals surface area contributed by atoms with Gasteiger partial charge in [-0.25, -0.2) is 0 Å². The number of phenols is 1. The van der Waals surface area contributed by atoms with E-state index in [1.54, 1.807) is 24.3 Å². The van der Waals surface area contributed by atoms with Gasteiger partial charge >= 0.3 is 0 Å². The van der Waals surface area contributed by atoms with Gasteiger partial charge in [0.2, 0.25) is 5.91 Å². The van der Waals surface area contributed by atoms with E-state index in [0.29, 0.717) is 35.9 Å². The second-order valence-corrected chi connectivity index (χ2v) is 10.2. The normalized spacial score (nSPS) is 15.9. The van der Waals surface area contributed by atoms with Crippen molar-refractivity contribution in [3.05, 3.63) is 82.4 Å². The van der Waals surface area contributed by atoms with E-state index >= 15 is 0 Å². The molecule has 0 aromatic heterocycles. The average Bonchev–Trinajstić information content (AvgIpc) is 2.90. The Bertz CT molecular complexity index is 1420. The van der Waals surface area contributed by atoms with Gasteiger partial charge in [0.05, 0.1) is 6.61 Å². The summed E-state index contributed by atoms with van der Waals surface area (Å²) in [7, 11) is 0. The van der Waals surface area contributed by atoms with E-state index in [0.717, 1.165) is 46.4 Å². The van der Waals surface area contributed by atoms with Crippen molar-refractivity contribution >= 4 is 41.7 Å². The number of nitrogens with one attached hydrogen (secondary N) is 3. The highest BCUT2D eigenvalue weighted by Crippen LogP contribution is 2.44. The van der Waals surface area contributed by atoms with E-state index in [-0.39, 0.29) is 29.9 Å². The molecule has 1 amide bonds. The zero-order chi connectivity index (χ0) is 28.2. The van der Waals surface area contributed by atoms with Gasteiger partial charge < -0.3 is 30.9 Å². The lowest BCUT2D eigenvalue weighted by atomic mass is 9.86. The molecular weight excluding hydrogens is 528 g/mol. The molecule has 40 heavy (non-hydrogen) atoms. The Hall–Kier alpha value is -4.17. The number of hydrogen-bond acceptors (Lipinski definition) is 5. The van der Waals surface area contributed by atoms with Crippen LogP contribution in [0, 0.1) is 26.2 Å². The zero-order valence-electron chi connectivity index (χ0n) is 23.3. The smallest absolute Gasteiger partial charge is 0.248 e. The highest BCUT2D eigenvalue weighted by atomic mass is 35.5. The third-order valence-electron chi connectivity index (χ3n) is 7.21. The molecule has 0 saturated heterocycles. The van der Waals surface area contributed by atoms with Gasteiger partial charge in [0, 0.05) is 35.5 Å². The van der Waals surface area contributed by atoms with Crippen molar-refractivity contribution in [3.63, 3.8) is 0 Å². The summed E-state index contributed by atoms with van der Waals surface area (Å²) < 4.78 is 12.5. The van der Waals surface area contributed by atoms with Crippen LogP contribution in [0.25, 0.3) is 6.08 Å². The number of benzene rings is 3. The first kappa shape index (κ1) is 30.4. The Morgan fingerprint density at radius 2 is 1.82 bits per heavy atom. The summed E-state index contributed by atoms with van der Waals surface area (Å²) in [6, 6.07) is 14.5. The van der Waals surface area contributed by atoms with Crippen LogP contribution >= 0.6 is 12.4 Å². The molecule has 0 aliphatic carbocycles. The minimum absolute atomic E-state index is 0. The number of halogens is 1. The third-order valence-corrected chi connectivity index (χ3v) is 7.21. The number of phenolic OH excluding ortho intramolecular Hbond substituents is 1. The molecule has 0 spiro atoms. The lowest BCUT2D eigenvalue weighted by Gasteiger charge is -2.38. The highest BCUT2D eigenvalue weighted by Gasteiger charge is 2.34. The van der Waals surface area contributed by atoms with Crippen LogP contribution in [0.2, 0.25) is 0 Å². The van der Waals surface area contributed by atoms with Crippen LogP contribution in [0.4, 0.5) is 11.4 Å². The Kier molecular flexibility index (Phi) is 9.71. The van der Waals surface area contributed by atoms with Crippen molar-refractivity contribution in [3.8, 4) is 17.2 Å². The van der Waals surface area contributed by atoms with Gasteiger partial charge in [-0.15, -0.1) is 12.4 Å². The van der Waals surface area contributed by atoms with E-state index < -0.39 is 0 Å². The monoisotopic (exact) mass is 564 g/mol. The van der Waals surface area contributed by atoms with Gasteiger partial charge in [0.1, 0.15) is 22.8 Å². The van der Waals surface area contributed by atoms with Crippen molar-refractivity contribution in [1.29, 1.82) is 5.41 Å². The Balaban J connectivity index is 0.00000441. The molecule has 3 aromatic rings. The predicted molar refractivity (Wildman–Crippen MR) is 163 cm³/mol. The first-order valence-electron chi connectivity index (χ1n) is 13.0. The maximum absolute atomic E-state index is 12.4. The van der Waals surface area contributed by atoms with Crippen LogP contribution < -0.4 is 25.8 Å². The third kappa shape index (κ3) is 7.27. The number of hydrogen-bond donors (Lipinski definition) is 5. The number of guanidine groups is 1. The number of fused-ring (bicyclic) bond motifs is 1. The largest absolute Gasteiger partial charge is 0.507 e. The molecule has 1 atom stereocenters. The molecule has 6 N–H and O–H groups in total. The quantitative estimate of drug-likeness (QED) is 0.125. The van der Waals surface area contributed by atoms with E-state index in [1.807, 2.05) is 51.1 Å². The summed E-state index contributed by atoms with van der Waals surface area (Å²) >= 11 is 0. The van der Waals surface area contributed by atoms with Gasteiger partial charge in [0.15, 0.2) is 5.96 Å². The Labute approximate surface area is 241 Å². The molecule has 8 nitrogen and oxygen atoms in total. The molecule has 212 valence electrons. The van der Waals surface area contributed by atoms with Crippen molar-refractivity contribution in [2.24, 2.45) is 5.73 Å². The molecule has 0 bridgehead atoms. The summed E-state index contributed by atoms with van der Waals surface area (Å²) in [5, 5.41) is 23.3. The fourth-order valence-electron chi connectivity index (χ4n) is 4.71. The maximum Gasteiger partial charge on any atom is 0.248 e. The zero-order valence-corrected chi connectivity index (χ0v) is 24.1. The molecule has 0 saturated carbocycles. The van der Waals surface area contributed by atoms with Crippen molar-refractivity contribution in [2.75, 3.05) is 17.2 Å². The van der Waals surface area contributed by atoms with Crippen LogP contribution in [-0.2, 0) is 11.2 Å². The summed E-state index contributed by atoms with van der Waals surface area (Å²) in [5.41, 5.74) is 11.0. The Morgan fingerprint density at radius 1 is 1.10 bits per heavy atom. The standard InChI is InChI=1S/C31H36N4O4.ClH/c1-19-20(2)29-26(21(3)28(19)37)14-15-31(4,39-29)16-17-38-25-7-5-6-24(18-25)34-27(36)13-10-22-8-11-23(12-9-22)35-30(32)33;/h5-13,18,37H,14-17H2,1-4H3,(H,34,36)(H4,32,33,35);1H. The topological polar surface area (TPSA) is 130 Å². The molecule has 1 aliphatic rings. The van der Waals surface area contributed by atoms with Gasteiger partial charge in [0.25, 0.3) is 0 Å². The molecular formula is C31H37ClN4O4. The van der Waals surface area contributed by atoms with Gasteiger partial charge in [-0.05, 0) is 93.1 Å². The molecule has 1 unspecified atom stereocenters. The number of anilines is 2. The second-order valence-electron chi connectivity index (χ2n) is 10.2. The number of aromatic hydroxyl groups is 1. The van der Waals surface area contributed by atoms with Gasteiger partial charge in [-0.3, -0.25) is 10.2 Å². The highest BCUT2D eigenvalue weighted by molar-refractivity contribution is 6.02. The van der Waals surface area contributed by atoms with Crippen molar-refractivity contribution < 1.29 is 19.4 Å². The first-order valence-corrected chi connectivity index (χ1v) is 13.0. The SMILES string of the molecule is Cc1c(C)c2c(c(C)c1O)CCC(C)(CCOc1cccc(NC(=O)C=Cc3ccc(NC(=N)N)cc3)c1)O2.Cl. The number of rotatable bonds is 8. The number of carbonyl (C=O) groups is 1. The minimum Gasteiger partial charge on any atom is -0.507 e. The maximum atomic E-state index is 12.4. The van der Waals surface area contributed by atoms with Gasteiger partial charge in [-0.1, -0.05) is 18.2 Å². The lowest BCUT2D eigenvalue weighted by Crippen LogP contribution is -2.38. The summed E-state index contributed by atoms with van der Waals surface area (Å²) in [6.07, 6.45) is 5.56. The van der Waals surface area contributed by atoms with E-state index in [1.165, 1.54) is 6.08 Å². The van der Waals surface area contributed by atoms with E-state index in [2.05, 4.69) is 17.6 Å². The van der Waals surface area contributed by atoms with E-state index in [4.69, 9.17) is 20.6 Å². The predicted octanol–water partition coefficient (Wildman–Crippen LogP) is 6.25. The number of carbonyl (C=O) groups excluding carboxylic acids is 1. The van der Waals surface area contributed by atoms with Crippen LogP contribution in [0.15, 0.2) is 54.6 Å². The lowest BCUT2D eigenvalue weighted by molar-refractivity contribution is -0.111.